The Kier molecular flexibility index (Phi) is 4.01. The molecule has 2 N–H and O–H groups in total. The third kappa shape index (κ3) is 2.73. The van der Waals surface area contributed by atoms with Gasteiger partial charge >= 0.3 is 0 Å². The molecule has 2 bridgehead atoms. The average molecular weight is 382 g/mol. The first-order valence-electron chi connectivity index (χ1n) is 9.69. The van der Waals surface area contributed by atoms with E-state index in [4.69, 9.17) is 4.42 Å². The molecule has 0 aliphatic carbocycles. The number of alkyl halides is 1. The van der Waals surface area contributed by atoms with E-state index < -0.39 is 6.17 Å². The Morgan fingerprint density at radius 2 is 2.11 bits per heavy atom. The minimum atomic E-state index is -0.916. The third-order valence-corrected chi connectivity index (χ3v) is 6.12. The van der Waals surface area contributed by atoms with Crippen molar-refractivity contribution in [1.29, 1.82) is 0 Å². The molecule has 4 atom stereocenters. The molecule has 2 aliphatic heterocycles. The van der Waals surface area contributed by atoms with Crippen LogP contribution in [0, 0.1) is 6.92 Å². The standard InChI is InChI=1S/C21H23FN4O2/c1-11-7-14-18(28-11)6-4-13(21(14)27)16-9-24-19(10-23-16)26(2)17-8-12-3-5-15(25-12)20(17)22/h4,6-7,9-10,12,15,17,20,25,27H,3,5,8H2,1-2H3/t12-,15?,17-,20+/m0/s1. The van der Waals surface area contributed by atoms with Crippen molar-refractivity contribution in [1.82, 2.24) is 15.3 Å². The zero-order chi connectivity index (χ0) is 19.4. The molecule has 2 aliphatic rings. The zero-order valence-corrected chi connectivity index (χ0v) is 15.9. The predicted octanol–water partition coefficient (Wildman–Crippen LogP) is 3.57. The Balaban J connectivity index is 1.42. The molecule has 146 valence electrons. The van der Waals surface area contributed by atoms with Crippen molar-refractivity contribution < 1.29 is 13.9 Å². The minimum absolute atomic E-state index is 0.0551. The van der Waals surface area contributed by atoms with Crippen LogP contribution in [-0.4, -0.2) is 46.4 Å². The van der Waals surface area contributed by atoms with Gasteiger partial charge in [-0.05, 0) is 44.4 Å². The molecule has 4 heterocycles. The Labute approximate surface area is 162 Å². The van der Waals surface area contributed by atoms with E-state index in [0.29, 0.717) is 34.1 Å². The summed E-state index contributed by atoms with van der Waals surface area (Å²) in [4.78, 5) is 10.9. The van der Waals surface area contributed by atoms with Gasteiger partial charge in [0.15, 0.2) is 0 Å². The topological polar surface area (TPSA) is 74.4 Å². The van der Waals surface area contributed by atoms with Crippen molar-refractivity contribution in [3.8, 4) is 17.0 Å². The molecule has 2 aromatic heterocycles. The number of aryl methyl sites for hydroxylation is 1. The van der Waals surface area contributed by atoms with E-state index in [0.717, 1.165) is 25.0 Å². The fourth-order valence-corrected chi connectivity index (χ4v) is 4.59. The maximum atomic E-state index is 14.8. The number of halogens is 1. The lowest BCUT2D eigenvalue weighted by atomic mass is 9.96. The number of aromatic nitrogens is 2. The molecular weight excluding hydrogens is 359 g/mol. The quantitative estimate of drug-likeness (QED) is 0.721. The lowest BCUT2D eigenvalue weighted by molar-refractivity contribution is 0.176. The number of hydrogen-bond acceptors (Lipinski definition) is 6. The molecule has 7 heteroatoms. The average Bonchev–Trinajstić information content (AvgIpc) is 3.28. The van der Waals surface area contributed by atoms with Crippen LogP contribution < -0.4 is 10.2 Å². The van der Waals surface area contributed by atoms with Gasteiger partial charge in [0, 0.05) is 24.7 Å². The van der Waals surface area contributed by atoms with E-state index in [1.165, 1.54) is 0 Å². The summed E-state index contributed by atoms with van der Waals surface area (Å²) in [7, 11) is 1.88. The smallest absolute Gasteiger partial charge is 0.147 e. The number of fused-ring (bicyclic) bond motifs is 3. The number of nitrogens with zero attached hydrogens (tertiary/aromatic N) is 3. The van der Waals surface area contributed by atoms with Crippen molar-refractivity contribution in [3.05, 3.63) is 36.4 Å². The van der Waals surface area contributed by atoms with Crippen molar-refractivity contribution in [3.63, 3.8) is 0 Å². The molecule has 5 rings (SSSR count). The maximum Gasteiger partial charge on any atom is 0.147 e. The van der Waals surface area contributed by atoms with Gasteiger partial charge in [0.05, 0.1) is 29.5 Å². The lowest BCUT2D eigenvalue weighted by Crippen LogP contribution is -2.55. The van der Waals surface area contributed by atoms with Gasteiger partial charge in [-0.15, -0.1) is 0 Å². The molecule has 3 aromatic rings. The van der Waals surface area contributed by atoms with Gasteiger partial charge in [0.2, 0.25) is 0 Å². The number of furan rings is 1. The monoisotopic (exact) mass is 382 g/mol. The van der Waals surface area contributed by atoms with E-state index in [9.17, 15) is 9.50 Å². The number of hydrogen-bond donors (Lipinski definition) is 2. The van der Waals surface area contributed by atoms with Gasteiger partial charge < -0.3 is 19.7 Å². The van der Waals surface area contributed by atoms with Crippen molar-refractivity contribution in [2.45, 2.75) is 50.5 Å². The molecule has 0 spiro atoms. The van der Waals surface area contributed by atoms with Crippen LogP contribution in [0.1, 0.15) is 25.0 Å². The number of aromatic hydroxyl groups is 1. The second-order valence-corrected chi connectivity index (χ2v) is 7.90. The first kappa shape index (κ1) is 17.4. The van der Waals surface area contributed by atoms with Crippen LogP contribution in [0.3, 0.4) is 0 Å². The second kappa shape index (κ2) is 6.44. The van der Waals surface area contributed by atoms with Crippen LogP contribution in [-0.2, 0) is 0 Å². The highest BCUT2D eigenvalue weighted by Gasteiger charge is 2.43. The lowest BCUT2D eigenvalue weighted by Gasteiger charge is -2.38. The summed E-state index contributed by atoms with van der Waals surface area (Å²) in [5.41, 5.74) is 1.80. The molecule has 2 fully saturated rings. The summed E-state index contributed by atoms with van der Waals surface area (Å²) in [6.07, 6.45) is 5.07. The predicted molar refractivity (Wildman–Crippen MR) is 105 cm³/mol. The van der Waals surface area contributed by atoms with E-state index in [2.05, 4.69) is 15.3 Å². The Hall–Kier alpha value is -2.67. The van der Waals surface area contributed by atoms with Crippen LogP contribution in [0.25, 0.3) is 22.2 Å². The van der Waals surface area contributed by atoms with Gasteiger partial charge in [0.25, 0.3) is 0 Å². The maximum absolute atomic E-state index is 14.8. The summed E-state index contributed by atoms with van der Waals surface area (Å²) < 4.78 is 20.4. The van der Waals surface area contributed by atoms with E-state index in [-0.39, 0.29) is 17.8 Å². The normalized spacial score (nSPS) is 26.7. The highest BCUT2D eigenvalue weighted by molar-refractivity contribution is 5.91. The molecule has 0 saturated carbocycles. The fourth-order valence-electron chi connectivity index (χ4n) is 4.59. The van der Waals surface area contributed by atoms with E-state index >= 15 is 0 Å². The van der Waals surface area contributed by atoms with Crippen LogP contribution in [0.15, 0.2) is 35.0 Å². The van der Waals surface area contributed by atoms with Crippen molar-refractivity contribution in [2.24, 2.45) is 0 Å². The molecule has 2 saturated heterocycles. The van der Waals surface area contributed by atoms with Gasteiger partial charge in [-0.1, -0.05) is 0 Å². The number of piperidine rings is 1. The summed E-state index contributed by atoms with van der Waals surface area (Å²) in [6.45, 7) is 1.84. The van der Waals surface area contributed by atoms with Gasteiger partial charge in [-0.25, -0.2) is 9.37 Å². The van der Waals surface area contributed by atoms with Crippen molar-refractivity contribution in [2.75, 3.05) is 11.9 Å². The van der Waals surface area contributed by atoms with Crippen LogP contribution >= 0.6 is 0 Å². The fraction of sp³-hybridized carbons (Fsp3) is 0.429. The second-order valence-electron chi connectivity index (χ2n) is 7.90. The first-order valence-corrected chi connectivity index (χ1v) is 9.69. The molecular formula is C21H23FN4O2. The number of phenols is 1. The van der Waals surface area contributed by atoms with Crippen LogP contribution in [0.2, 0.25) is 0 Å². The van der Waals surface area contributed by atoms with Gasteiger partial charge in [-0.3, -0.25) is 4.98 Å². The summed E-state index contributed by atoms with van der Waals surface area (Å²) >= 11 is 0. The molecule has 6 nitrogen and oxygen atoms in total. The molecule has 0 radical (unpaired) electrons. The Morgan fingerprint density at radius 1 is 1.25 bits per heavy atom. The molecule has 28 heavy (non-hydrogen) atoms. The number of rotatable bonds is 3. The molecule has 1 unspecified atom stereocenters. The van der Waals surface area contributed by atoms with E-state index in [1.807, 2.05) is 24.9 Å². The molecule has 1 aromatic carbocycles. The summed E-state index contributed by atoms with van der Waals surface area (Å²) in [6, 6.07) is 5.53. The Morgan fingerprint density at radius 3 is 2.89 bits per heavy atom. The summed E-state index contributed by atoms with van der Waals surface area (Å²) in [5, 5.41) is 14.6. The van der Waals surface area contributed by atoms with Crippen LogP contribution in [0.5, 0.6) is 5.75 Å². The number of nitrogens with one attached hydrogen (secondary N) is 1. The highest BCUT2D eigenvalue weighted by atomic mass is 19.1. The van der Waals surface area contributed by atoms with Crippen LogP contribution in [0.4, 0.5) is 10.2 Å². The Bertz CT molecular complexity index is 1020. The largest absolute Gasteiger partial charge is 0.506 e. The van der Waals surface area contributed by atoms with Crippen molar-refractivity contribution >= 4 is 16.8 Å². The summed E-state index contributed by atoms with van der Waals surface area (Å²) in [5.74, 6) is 1.50. The van der Waals surface area contributed by atoms with Gasteiger partial charge in [0.1, 0.15) is 29.1 Å². The minimum Gasteiger partial charge on any atom is -0.506 e. The SMILES string of the molecule is Cc1cc2c(O)c(-c3cnc(N(C)[C@H]4C[C@@H]5CCC(N5)[C@H]4F)cn3)ccc2o1. The third-order valence-electron chi connectivity index (χ3n) is 6.12. The van der Waals surface area contributed by atoms with E-state index in [1.54, 1.807) is 24.5 Å². The highest BCUT2D eigenvalue weighted by Crippen LogP contribution is 2.37. The number of benzene rings is 1. The molecule has 0 amide bonds. The first-order chi connectivity index (χ1) is 13.5. The van der Waals surface area contributed by atoms with Gasteiger partial charge in [-0.2, -0.15) is 0 Å². The number of phenolic OH excluding ortho intramolecular Hbond substituents is 1. The zero-order valence-electron chi connectivity index (χ0n) is 15.9. The number of anilines is 1.